The zero-order valence-corrected chi connectivity index (χ0v) is 23.1. The molecule has 0 aliphatic rings. The highest BCUT2D eigenvalue weighted by Gasteiger charge is 2.37. The Kier molecular flexibility index (Phi) is 8.96. The van der Waals surface area contributed by atoms with Gasteiger partial charge in [0.05, 0.1) is 0 Å². The topological polar surface area (TPSA) is 6.48 Å². The summed E-state index contributed by atoms with van der Waals surface area (Å²) in [5, 5.41) is 0. The third kappa shape index (κ3) is 8.05. The molecule has 2 heteroatoms. The zero-order chi connectivity index (χ0) is 25.5. The molecule has 0 aliphatic heterocycles. The van der Waals surface area contributed by atoms with E-state index in [4.69, 9.17) is 0 Å². The Morgan fingerprint density at radius 1 is 0.457 bits per heavy atom. The third-order valence-corrected chi connectivity index (χ3v) is 7.36. The molecule has 0 saturated heterocycles. The Morgan fingerprint density at radius 3 is 1.17 bits per heavy atom. The molecular weight excluding hydrogens is 424 g/mol. The van der Waals surface area contributed by atoms with Crippen LogP contribution in [0.1, 0.15) is 78.0 Å². The van der Waals surface area contributed by atoms with E-state index in [1.807, 2.05) is 0 Å². The molecule has 35 heavy (non-hydrogen) atoms. The van der Waals surface area contributed by atoms with E-state index in [0.29, 0.717) is 0 Å². The van der Waals surface area contributed by atoms with Crippen LogP contribution in [0.25, 0.3) is 0 Å². The van der Waals surface area contributed by atoms with Crippen molar-refractivity contribution in [3.05, 3.63) is 108 Å². The van der Waals surface area contributed by atoms with Crippen molar-refractivity contribution < 1.29 is 0 Å². The Bertz CT molecular complexity index is 960. The molecule has 0 heterocycles. The highest BCUT2D eigenvalue weighted by atomic mass is 15.2. The first-order valence-electron chi connectivity index (χ1n) is 13.1. The first kappa shape index (κ1) is 27.2. The summed E-state index contributed by atoms with van der Waals surface area (Å²) in [5.74, 6) is 0. The molecule has 0 N–H and O–H groups in total. The fourth-order valence-corrected chi connectivity index (χ4v) is 5.12. The smallest absolute Gasteiger partial charge is 0.0244 e. The summed E-state index contributed by atoms with van der Waals surface area (Å²) < 4.78 is 0. The van der Waals surface area contributed by atoms with Gasteiger partial charge in [-0.05, 0) is 78.0 Å². The standard InChI is InChI=1S/C33H46N2/c1-31(2,3)35(27-30-21-15-10-16-22-30)33(6,7)24-23-32(4,5)34(25-28-17-11-8-12-18-28)26-29-19-13-9-14-20-29/h8-22H,23-27H2,1-7H3. The van der Waals surface area contributed by atoms with E-state index in [9.17, 15) is 0 Å². The Hall–Kier alpha value is -2.42. The molecule has 3 rings (SSSR count). The second-order valence-corrected chi connectivity index (χ2v) is 12.2. The number of hydrogen-bond donors (Lipinski definition) is 0. The fraction of sp³-hybridized carbons (Fsp3) is 0.455. The minimum Gasteiger partial charge on any atom is -0.290 e. The molecule has 0 amide bonds. The van der Waals surface area contributed by atoms with Gasteiger partial charge < -0.3 is 0 Å². The second-order valence-electron chi connectivity index (χ2n) is 12.2. The lowest BCUT2D eigenvalue weighted by molar-refractivity contribution is -0.00232. The molecule has 0 atom stereocenters. The zero-order valence-electron chi connectivity index (χ0n) is 23.1. The van der Waals surface area contributed by atoms with E-state index in [1.165, 1.54) is 16.7 Å². The number of benzene rings is 3. The van der Waals surface area contributed by atoms with E-state index in [2.05, 4.69) is 149 Å². The molecule has 0 spiro atoms. The first-order valence-corrected chi connectivity index (χ1v) is 13.1. The predicted octanol–water partition coefficient (Wildman–Crippen LogP) is 8.33. The molecule has 0 aliphatic carbocycles. The van der Waals surface area contributed by atoms with Crippen LogP contribution in [0.4, 0.5) is 0 Å². The van der Waals surface area contributed by atoms with Crippen LogP contribution in [0.5, 0.6) is 0 Å². The molecule has 3 aromatic rings. The summed E-state index contributed by atoms with van der Waals surface area (Å²) in [7, 11) is 0. The summed E-state index contributed by atoms with van der Waals surface area (Å²) >= 11 is 0. The van der Waals surface area contributed by atoms with Gasteiger partial charge >= 0.3 is 0 Å². The Morgan fingerprint density at radius 2 is 0.800 bits per heavy atom. The molecule has 0 saturated carbocycles. The van der Waals surface area contributed by atoms with Gasteiger partial charge in [0, 0.05) is 36.3 Å². The van der Waals surface area contributed by atoms with Gasteiger partial charge in [0.15, 0.2) is 0 Å². The second kappa shape index (κ2) is 11.5. The van der Waals surface area contributed by atoms with Crippen molar-refractivity contribution in [1.82, 2.24) is 9.80 Å². The fourth-order valence-electron chi connectivity index (χ4n) is 5.12. The first-order chi connectivity index (χ1) is 16.5. The summed E-state index contributed by atoms with van der Waals surface area (Å²) in [6.07, 6.45) is 2.26. The average molecular weight is 471 g/mol. The van der Waals surface area contributed by atoms with Crippen molar-refractivity contribution in [3.63, 3.8) is 0 Å². The van der Waals surface area contributed by atoms with Gasteiger partial charge in [0.1, 0.15) is 0 Å². The molecule has 188 valence electrons. The largest absolute Gasteiger partial charge is 0.290 e. The molecule has 3 aromatic carbocycles. The normalized spacial score (nSPS) is 12.9. The Balaban J connectivity index is 1.79. The van der Waals surface area contributed by atoms with Crippen LogP contribution in [0.3, 0.4) is 0 Å². The highest BCUT2D eigenvalue weighted by molar-refractivity contribution is 5.18. The van der Waals surface area contributed by atoms with Crippen molar-refractivity contribution in [3.8, 4) is 0 Å². The molecule has 0 fully saturated rings. The number of rotatable bonds is 11. The van der Waals surface area contributed by atoms with Crippen LogP contribution >= 0.6 is 0 Å². The van der Waals surface area contributed by atoms with Crippen LogP contribution in [-0.4, -0.2) is 26.4 Å². The van der Waals surface area contributed by atoms with Crippen LogP contribution < -0.4 is 0 Å². The number of nitrogens with zero attached hydrogens (tertiary/aromatic N) is 2. The van der Waals surface area contributed by atoms with Gasteiger partial charge in [0.2, 0.25) is 0 Å². The van der Waals surface area contributed by atoms with Crippen molar-refractivity contribution in [2.75, 3.05) is 0 Å². The lowest BCUT2D eigenvalue weighted by Gasteiger charge is -2.49. The van der Waals surface area contributed by atoms with E-state index < -0.39 is 0 Å². The molecule has 0 radical (unpaired) electrons. The van der Waals surface area contributed by atoms with Gasteiger partial charge in [0.25, 0.3) is 0 Å². The summed E-state index contributed by atoms with van der Waals surface area (Å²) in [5.41, 5.74) is 4.32. The van der Waals surface area contributed by atoms with Crippen molar-refractivity contribution >= 4 is 0 Å². The van der Waals surface area contributed by atoms with E-state index in [0.717, 1.165) is 32.5 Å². The minimum absolute atomic E-state index is 0.0548. The van der Waals surface area contributed by atoms with Crippen LogP contribution in [0.2, 0.25) is 0 Å². The lowest BCUT2D eigenvalue weighted by Crippen LogP contribution is -2.54. The molecule has 0 bridgehead atoms. The number of hydrogen-bond acceptors (Lipinski definition) is 2. The predicted molar refractivity (Wildman–Crippen MR) is 151 cm³/mol. The average Bonchev–Trinajstić information content (AvgIpc) is 2.82. The monoisotopic (exact) mass is 470 g/mol. The van der Waals surface area contributed by atoms with E-state index in [-0.39, 0.29) is 16.6 Å². The van der Waals surface area contributed by atoms with Gasteiger partial charge in [-0.3, -0.25) is 9.80 Å². The summed E-state index contributed by atoms with van der Waals surface area (Å²) in [6, 6.07) is 32.7. The highest BCUT2D eigenvalue weighted by Crippen LogP contribution is 2.35. The van der Waals surface area contributed by atoms with Crippen LogP contribution in [-0.2, 0) is 19.6 Å². The maximum absolute atomic E-state index is 2.68. The minimum atomic E-state index is 0.0548. The van der Waals surface area contributed by atoms with Gasteiger partial charge in [-0.15, -0.1) is 0 Å². The summed E-state index contributed by atoms with van der Waals surface area (Å²) in [4.78, 5) is 5.34. The third-order valence-electron chi connectivity index (χ3n) is 7.36. The maximum atomic E-state index is 2.68. The Labute approximate surface area is 215 Å². The summed E-state index contributed by atoms with van der Waals surface area (Å²) in [6.45, 7) is 19.6. The molecule has 0 unspecified atom stereocenters. The van der Waals surface area contributed by atoms with E-state index in [1.54, 1.807) is 0 Å². The van der Waals surface area contributed by atoms with Gasteiger partial charge in [-0.1, -0.05) is 91.0 Å². The van der Waals surface area contributed by atoms with Gasteiger partial charge in [-0.25, -0.2) is 0 Å². The van der Waals surface area contributed by atoms with Gasteiger partial charge in [-0.2, -0.15) is 0 Å². The van der Waals surface area contributed by atoms with Crippen LogP contribution in [0, 0.1) is 0 Å². The van der Waals surface area contributed by atoms with Crippen molar-refractivity contribution in [1.29, 1.82) is 0 Å². The van der Waals surface area contributed by atoms with E-state index >= 15 is 0 Å². The van der Waals surface area contributed by atoms with Crippen LogP contribution in [0.15, 0.2) is 91.0 Å². The molecule has 2 nitrogen and oxygen atoms in total. The van der Waals surface area contributed by atoms with Crippen molar-refractivity contribution in [2.45, 2.75) is 97.6 Å². The SMILES string of the molecule is CC(C)(C)N(Cc1ccccc1)C(C)(C)CCC(C)(C)N(Cc1ccccc1)Cc1ccccc1. The quantitative estimate of drug-likeness (QED) is 0.278. The van der Waals surface area contributed by atoms with Crippen molar-refractivity contribution in [2.24, 2.45) is 0 Å². The lowest BCUT2D eigenvalue weighted by atomic mass is 9.84. The maximum Gasteiger partial charge on any atom is 0.0244 e. The molecule has 0 aromatic heterocycles. The molecular formula is C33H46N2.